The minimum Gasteiger partial charge on any atom is -0.462 e. The highest BCUT2D eigenvalue weighted by atomic mass is 16.5. The predicted octanol–water partition coefficient (Wildman–Crippen LogP) is 1.88. The fourth-order valence-corrected chi connectivity index (χ4v) is 2.64. The number of ether oxygens (including phenoxy) is 1. The number of nitrogens with two attached hydrogens (primary N) is 2. The molecule has 1 atom stereocenters. The molecule has 0 bridgehead atoms. The standard InChI is InChI=1S/C15H23N3O2/c1-18-8-3-2-4-12(18)7-9-20-15(19)13-6-5-11(16)10-14(13)17/h5-6,10,12H,2-4,7-9,16-17H2,1H3. The minimum atomic E-state index is -0.374. The van der Waals surface area contributed by atoms with Crippen molar-refractivity contribution in [3.05, 3.63) is 23.8 Å². The fraction of sp³-hybridized carbons (Fsp3) is 0.533. The van der Waals surface area contributed by atoms with Crippen LogP contribution in [0.15, 0.2) is 18.2 Å². The van der Waals surface area contributed by atoms with Crippen molar-refractivity contribution >= 4 is 17.3 Å². The normalized spacial score (nSPS) is 19.8. The average molecular weight is 277 g/mol. The van der Waals surface area contributed by atoms with Gasteiger partial charge in [0, 0.05) is 17.4 Å². The molecule has 110 valence electrons. The summed E-state index contributed by atoms with van der Waals surface area (Å²) < 4.78 is 5.31. The molecule has 20 heavy (non-hydrogen) atoms. The Morgan fingerprint density at radius 2 is 2.20 bits per heavy atom. The van der Waals surface area contributed by atoms with Crippen molar-refractivity contribution in [2.45, 2.75) is 31.7 Å². The summed E-state index contributed by atoms with van der Waals surface area (Å²) in [7, 11) is 2.13. The Kier molecular flexibility index (Phi) is 4.84. The molecule has 0 aromatic heterocycles. The lowest BCUT2D eigenvalue weighted by Gasteiger charge is -2.32. The van der Waals surface area contributed by atoms with Crippen LogP contribution in [0, 0.1) is 0 Å². The fourth-order valence-electron chi connectivity index (χ4n) is 2.64. The molecule has 1 aliphatic heterocycles. The number of anilines is 2. The second-order valence-electron chi connectivity index (χ2n) is 5.40. The van der Waals surface area contributed by atoms with Crippen LogP contribution >= 0.6 is 0 Å². The number of carbonyl (C=O) groups excluding carboxylic acids is 1. The third-order valence-electron chi connectivity index (χ3n) is 3.90. The quantitative estimate of drug-likeness (QED) is 0.648. The number of hydrogen-bond acceptors (Lipinski definition) is 5. The lowest BCUT2D eigenvalue weighted by atomic mass is 10.0. The van der Waals surface area contributed by atoms with Gasteiger partial charge in [0.1, 0.15) is 0 Å². The van der Waals surface area contributed by atoms with E-state index in [1.54, 1.807) is 18.2 Å². The monoisotopic (exact) mass is 277 g/mol. The molecule has 1 unspecified atom stereocenters. The zero-order valence-electron chi connectivity index (χ0n) is 12.0. The number of nitrogens with zero attached hydrogens (tertiary/aromatic N) is 1. The molecule has 5 nitrogen and oxygen atoms in total. The smallest absolute Gasteiger partial charge is 0.340 e. The zero-order chi connectivity index (χ0) is 14.5. The van der Waals surface area contributed by atoms with E-state index in [-0.39, 0.29) is 5.97 Å². The molecule has 0 radical (unpaired) electrons. The number of likely N-dealkylation sites (tertiary alicyclic amines) is 1. The van der Waals surface area contributed by atoms with Crippen LogP contribution in [0.3, 0.4) is 0 Å². The third-order valence-corrected chi connectivity index (χ3v) is 3.90. The van der Waals surface area contributed by atoms with Gasteiger partial charge in [0.2, 0.25) is 0 Å². The van der Waals surface area contributed by atoms with E-state index in [0.29, 0.717) is 29.6 Å². The first-order chi connectivity index (χ1) is 9.58. The van der Waals surface area contributed by atoms with Crippen molar-refractivity contribution in [2.75, 3.05) is 31.7 Å². The van der Waals surface area contributed by atoms with Gasteiger partial charge in [0.25, 0.3) is 0 Å². The molecule has 0 saturated carbocycles. The summed E-state index contributed by atoms with van der Waals surface area (Å²) in [6, 6.07) is 5.35. The van der Waals surface area contributed by atoms with Crippen molar-refractivity contribution in [1.29, 1.82) is 0 Å². The average Bonchev–Trinajstić information content (AvgIpc) is 2.40. The molecule has 0 aliphatic carbocycles. The van der Waals surface area contributed by atoms with Crippen molar-refractivity contribution in [3.63, 3.8) is 0 Å². The molecule has 1 heterocycles. The number of esters is 1. The van der Waals surface area contributed by atoms with E-state index in [1.807, 2.05) is 0 Å². The lowest BCUT2D eigenvalue weighted by molar-refractivity contribution is 0.0451. The van der Waals surface area contributed by atoms with Crippen LogP contribution in [0.4, 0.5) is 11.4 Å². The second-order valence-corrected chi connectivity index (χ2v) is 5.40. The van der Waals surface area contributed by atoms with Crippen LogP contribution < -0.4 is 11.5 Å². The summed E-state index contributed by atoms with van der Waals surface area (Å²) in [5, 5.41) is 0. The molecule has 1 aromatic carbocycles. The first-order valence-electron chi connectivity index (χ1n) is 7.10. The van der Waals surface area contributed by atoms with Crippen molar-refractivity contribution in [1.82, 2.24) is 4.90 Å². The number of carbonyl (C=O) groups is 1. The summed E-state index contributed by atoms with van der Waals surface area (Å²) in [5.41, 5.74) is 12.7. The van der Waals surface area contributed by atoms with E-state index in [4.69, 9.17) is 16.2 Å². The maximum Gasteiger partial charge on any atom is 0.340 e. The Hall–Kier alpha value is -1.75. The Labute approximate surface area is 119 Å². The molecular formula is C15H23N3O2. The number of piperidine rings is 1. The number of hydrogen-bond donors (Lipinski definition) is 2. The predicted molar refractivity (Wildman–Crippen MR) is 80.4 cm³/mol. The molecule has 1 fully saturated rings. The zero-order valence-corrected chi connectivity index (χ0v) is 12.0. The highest BCUT2D eigenvalue weighted by molar-refractivity contribution is 5.95. The van der Waals surface area contributed by atoms with Gasteiger partial charge in [-0.2, -0.15) is 0 Å². The lowest BCUT2D eigenvalue weighted by Crippen LogP contribution is -2.37. The third kappa shape index (κ3) is 3.63. The van der Waals surface area contributed by atoms with Crippen LogP contribution in [0.2, 0.25) is 0 Å². The highest BCUT2D eigenvalue weighted by Crippen LogP contribution is 2.19. The topological polar surface area (TPSA) is 81.6 Å². The minimum absolute atomic E-state index is 0.366. The molecule has 0 amide bonds. The van der Waals surface area contributed by atoms with E-state index in [9.17, 15) is 4.79 Å². The van der Waals surface area contributed by atoms with Gasteiger partial charge >= 0.3 is 5.97 Å². The van der Waals surface area contributed by atoms with Crippen LogP contribution in [-0.2, 0) is 4.74 Å². The molecule has 1 aromatic rings. The molecule has 5 heteroatoms. The van der Waals surface area contributed by atoms with Crippen LogP contribution in [0.5, 0.6) is 0 Å². The van der Waals surface area contributed by atoms with E-state index >= 15 is 0 Å². The first-order valence-corrected chi connectivity index (χ1v) is 7.10. The second kappa shape index (κ2) is 6.61. The largest absolute Gasteiger partial charge is 0.462 e. The van der Waals surface area contributed by atoms with Gasteiger partial charge in [0.05, 0.1) is 12.2 Å². The molecule has 2 rings (SSSR count). The Bertz CT molecular complexity index is 476. The van der Waals surface area contributed by atoms with Gasteiger partial charge < -0.3 is 21.1 Å². The van der Waals surface area contributed by atoms with E-state index < -0.39 is 0 Å². The number of rotatable bonds is 4. The summed E-state index contributed by atoms with van der Waals surface area (Å²) in [5.74, 6) is -0.374. The van der Waals surface area contributed by atoms with E-state index in [1.165, 1.54) is 19.3 Å². The summed E-state index contributed by atoms with van der Waals surface area (Å²) >= 11 is 0. The van der Waals surface area contributed by atoms with Gasteiger partial charge in [-0.1, -0.05) is 6.42 Å². The molecule has 0 spiro atoms. The Balaban J connectivity index is 1.83. The molecule has 1 aliphatic rings. The molecule has 4 N–H and O–H groups in total. The maximum absolute atomic E-state index is 11.9. The van der Waals surface area contributed by atoms with E-state index in [0.717, 1.165) is 13.0 Å². The van der Waals surface area contributed by atoms with E-state index in [2.05, 4.69) is 11.9 Å². The van der Waals surface area contributed by atoms with Gasteiger partial charge in [-0.05, 0) is 51.1 Å². The maximum atomic E-state index is 11.9. The molecule has 1 saturated heterocycles. The van der Waals surface area contributed by atoms with Crippen molar-refractivity contribution in [3.8, 4) is 0 Å². The van der Waals surface area contributed by atoms with Crippen LogP contribution in [-0.4, -0.2) is 37.1 Å². The van der Waals surface area contributed by atoms with Gasteiger partial charge in [-0.25, -0.2) is 4.79 Å². The van der Waals surface area contributed by atoms with Crippen molar-refractivity contribution in [2.24, 2.45) is 0 Å². The highest BCUT2D eigenvalue weighted by Gasteiger charge is 2.19. The summed E-state index contributed by atoms with van der Waals surface area (Å²) in [6.45, 7) is 1.56. The van der Waals surface area contributed by atoms with Gasteiger partial charge in [-0.15, -0.1) is 0 Å². The molecular weight excluding hydrogens is 254 g/mol. The summed E-state index contributed by atoms with van der Waals surface area (Å²) in [4.78, 5) is 14.3. The SMILES string of the molecule is CN1CCCCC1CCOC(=O)c1ccc(N)cc1N. The van der Waals surface area contributed by atoms with Crippen LogP contribution in [0.25, 0.3) is 0 Å². The number of benzene rings is 1. The Morgan fingerprint density at radius 1 is 1.40 bits per heavy atom. The first kappa shape index (κ1) is 14.7. The number of nitrogen functional groups attached to an aromatic ring is 2. The van der Waals surface area contributed by atoms with Gasteiger partial charge in [0.15, 0.2) is 0 Å². The van der Waals surface area contributed by atoms with Crippen molar-refractivity contribution < 1.29 is 9.53 Å². The Morgan fingerprint density at radius 3 is 2.90 bits per heavy atom. The summed E-state index contributed by atoms with van der Waals surface area (Å²) in [6.07, 6.45) is 4.57. The van der Waals surface area contributed by atoms with Crippen LogP contribution in [0.1, 0.15) is 36.0 Å². The van der Waals surface area contributed by atoms with Gasteiger partial charge in [-0.3, -0.25) is 0 Å².